The van der Waals surface area contributed by atoms with Gasteiger partial charge in [-0.3, -0.25) is 4.79 Å². The normalized spacial score (nSPS) is 21.0. The summed E-state index contributed by atoms with van der Waals surface area (Å²) in [5, 5.41) is 2.79. The first kappa shape index (κ1) is 13.5. The van der Waals surface area contributed by atoms with Crippen LogP contribution in [0.25, 0.3) is 0 Å². The standard InChI is InChI=1S/C14H18N4O3/c15-11-3-1-2-4-12(11)21-9-13(19)17-5-6-18-10(8-17)7-16-14(18)20/h1-4,10H,5-9,15H2,(H,16,20). The molecule has 2 aliphatic rings. The number of hydrogen-bond acceptors (Lipinski definition) is 4. The van der Waals surface area contributed by atoms with Crippen LogP contribution >= 0.6 is 0 Å². The smallest absolute Gasteiger partial charge is 0.317 e. The number of nitrogens with one attached hydrogen (secondary N) is 1. The third-order valence-corrected chi connectivity index (χ3v) is 3.86. The zero-order chi connectivity index (χ0) is 14.8. The molecule has 2 saturated heterocycles. The molecule has 2 heterocycles. The zero-order valence-electron chi connectivity index (χ0n) is 11.6. The SMILES string of the molecule is Nc1ccccc1OCC(=O)N1CCN2C(=O)NCC2C1. The molecule has 3 N–H and O–H groups in total. The van der Waals surface area contributed by atoms with Crippen molar-refractivity contribution in [2.75, 3.05) is 38.5 Å². The molecule has 1 atom stereocenters. The van der Waals surface area contributed by atoms with Gasteiger partial charge in [0.2, 0.25) is 0 Å². The van der Waals surface area contributed by atoms with E-state index >= 15 is 0 Å². The zero-order valence-corrected chi connectivity index (χ0v) is 11.6. The third kappa shape index (κ3) is 2.72. The van der Waals surface area contributed by atoms with Crippen molar-refractivity contribution in [1.29, 1.82) is 0 Å². The fourth-order valence-electron chi connectivity index (χ4n) is 2.67. The Hall–Kier alpha value is -2.44. The highest BCUT2D eigenvalue weighted by Gasteiger charge is 2.36. The molecule has 0 saturated carbocycles. The lowest BCUT2D eigenvalue weighted by Crippen LogP contribution is -2.54. The highest BCUT2D eigenvalue weighted by molar-refractivity contribution is 5.80. The number of benzene rings is 1. The molecule has 21 heavy (non-hydrogen) atoms. The molecular weight excluding hydrogens is 272 g/mol. The van der Waals surface area contributed by atoms with Gasteiger partial charge in [-0.1, -0.05) is 12.1 Å². The van der Waals surface area contributed by atoms with Gasteiger partial charge in [0.25, 0.3) is 5.91 Å². The number of amides is 3. The van der Waals surface area contributed by atoms with E-state index in [0.29, 0.717) is 37.6 Å². The fraction of sp³-hybridized carbons (Fsp3) is 0.429. The maximum Gasteiger partial charge on any atom is 0.317 e. The Morgan fingerprint density at radius 2 is 2.19 bits per heavy atom. The number of carbonyl (C=O) groups is 2. The first-order valence-electron chi connectivity index (χ1n) is 6.94. The van der Waals surface area contributed by atoms with Crippen LogP contribution < -0.4 is 15.8 Å². The number of nitrogens with zero attached hydrogens (tertiary/aromatic N) is 2. The molecule has 7 nitrogen and oxygen atoms in total. The van der Waals surface area contributed by atoms with Gasteiger partial charge in [0, 0.05) is 26.2 Å². The summed E-state index contributed by atoms with van der Waals surface area (Å²) >= 11 is 0. The quantitative estimate of drug-likeness (QED) is 0.760. The Labute approximate surface area is 122 Å². The number of hydrogen-bond donors (Lipinski definition) is 2. The van der Waals surface area contributed by atoms with Gasteiger partial charge < -0.3 is 25.6 Å². The van der Waals surface area contributed by atoms with E-state index in [4.69, 9.17) is 10.5 Å². The van der Waals surface area contributed by atoms with Crippen molar-refractivity contribution in [3.63, 3.8) is 0 Å². The van der Waals surface area contributed by atoms with E-state index in [1.165, 1.54) is 0 Å². The summed E-state index contributed by atoms with van der Waals surface area (Å²) < 4.78 is 5.47. The van der Waals surface area contributed by atoms with Crippen LogP contribution in [0, 0.1) is 0 Å². The minimum absolute atomic E-state index is 0.0394. The largest absolute Gasteiger partial charge is 0.482 e. The first-order chi connectivity index (χ1) is 10.1. The number of urea groups is 1. The highest BCUT2D eigenvalue weighted by atomic mass is 16.5. The second kappa shape index (κ2) is 5.51. The molecule has 3 rings (SSSR count). The molecule has 1 aromatic carbocycles. The van der Waals surface area contributed by atoms with Crippen molar-refractivity contribution >= 4 is 17.6 Å². The van der Waals surface area contributed by atoms with Gasteiger partial charge in [0.05, 0.1) is 11.7 Å². The minimum atomic E-state index is -0.0859. The lowest BCUT2D eigenvalue weighted by Gasteiger charge is -2.36. The van der Waals surface area contributed by atoms with Gasteiger partial charge in [0.15, 0.2) is 6.61 Å². The Balaban J connectivity index is 1.55. The molecule has 1 aromatic rings. The van der Waals surface area contributed by atoms with Crippen molar-refractivity contribution < 1.29 is 14.3 Å². The Morgan fingerprint density at radius 3 is 3.00 bits per heavy atom. The van der Waals surface area contributed by atoms with E-state index in [0.717, 1.165) is 0 Å². The van der Waals surface area contributed by atoms with Gasteiger partial charge in [-0.05, 0) is 12.1 Å². The number of para-hydroxylation sites is 2. The average molecular weight is 290 g/mol. The number of anilines is 1. The summed E-state index contributed by atoms with van der Waals surface area (Å²) in [5.41, 5.74) is 6.28. The monoisotopic (exact) mass is 290 g/mol. The summed E-state index contributed by atoms with van der Waals surface area (Å²) in [6.07, 6.45) is 0. The maximum atomic E-state index is 12.2. The fourth-order valence-corrected chi connectivity index (χ4v) is 2.67. The van der Waals surface area contributed by atoms with Crippen LogP contribution in [0.4, 0.5) is 10.5 Å². The van der Waals surface area contributed by atoms with Crippen LogP contribution in [0.3, 0.4) is 0 Å². The second-order valence-corrected chi connectivity index (χ2v) is 5.20. The molecule has 0 aromatic heterocycles. The third-order valence-electron chi connectivity index (χ3n) is 3.86. The minimum Gasteiger partial charge on any atom is -0.482 e. The molecule has 0 radical (unpaired) electrons. The Morgan fingerprint density at radius 1 is 1.38 bits per heavy atom. The predicted molar refractivity (Wildman–Crippen MR) is 76.8 cm³/mol. The Kier molecular flexibility index (Phi) is 3.55. The van der Waals surface area contributed by atoms with Gasteiger partial charge in [-0.2, -0.15) is 0 Å². The van der Waals surface area contributed by atoms with E-state index in [-0.39, 0.29) is 24.6 Å². The topological polar surface area (TPSA) is 87.9 Å². The van der Waals surface area contributed by atoms with Crippen molar-refractivity contribution in [1.82, 2.24) is 15.1 Å². The first-order valence-corrected chi connectivity index (χ1v) is 6.94. The summed E-state index contributed by atoms with van der Waals surface area (Å²) in [5.74, 6) is 0.430. The average Bonchev–Trinajstić information content (AvgIpc) is 2.87. The van der Waals surface area contributed by atoms with Crippen LogP contribution in [0.15, 0.2) is 24.3 Å². The van der Waals surface area contributed by atoms with Crippen LogP contribution in [0.5, 0.6) is 5.75 Å². The molecule has 112 valence electrons. The molecule has 0 spiro atoms. The molecule has 2 aliphatic heterocycles. The molecular formula is C14H18N4O3. The molecule has 2 fully saturated rings. The summed E-state index contributed by atoms with van der Waals surface area (Å²) in [7, 11) is 0. The lowest BCUT2D eigenvalue weighted by molar-refractivity contribution is -0.135. The maximum absolute atomic E-state index is 12.2. The predicted octanol–water partition coefficient (Wildman–Crippen LogP) is -0.116. The second-order valence-electron chi connectivity index (χ2n) is 5.20. The van der Waals surface area contributed by atoms with E-state index < -0.39 is 0 Å². The van der Waals surface area contributed by atoms with Crippen molar-refractivity contribution in [2.24, 2.45) is 0 Å². The summed E-state index contributed by atoms with van der Waals surface area (Å²) in [4.78, 5) is 27.2. The van der Waals surface area contributed by atoms with Crippen LogP contribution in [0.2, 0.25) is 0 Å². The molecule has 3 amide bonds. The number of piperazine rings is 1. The molecule has 7 heteroatoms. The Bertz CT molecular complexity index is 563. The number of nitrogens with two attached hydrogens (primary N) is 1. The van der Waals surface area contributed by atoms with Gasteiger partial charge >= 0.3 is 6.03 Å². The van der Waals surface area contributed by atoms with E-state index in [1.54, 1.807) is 21.9 Å². The van der Waals surface area contributed by atoms with Crippen LogP contribution in [-0.4, -0.2) is 60.6 Å². The number of nitrogen functional groups attached to an aromatic ring is 1. The molecule has 1 unspecified atom stereocenters. The number of carbonyl (C=O) groups excluding carboxylic acids is 2. The van der Waals surface area contributed by atoms with Crippen LogP contribution in [0.1, 0.15) is 0 Å². The van der Waals surface area contributed by atoms with E-state index in [9.17, 15) is 9.59 Å². The van der Waals surface area contributed by atoms with Crippen molar-refractivity contribution in [2.45, 2.75) is 6.04 Å². The highest BCUT2D eigenvalue weighted by Crippen LogP contribution is 2.20. The van der Waals surface area contributed by atoms with E-state index in [1.807, 2.05) is 12.1 Å². The van der Waals surface area contributed by atoms with Crippen LogP contribution in [-0.2, 0) is 4.79 Å². The number of fused-ring (bicyclic) bond motifs is 1. The van der Waals surface area contributed by atoms with Crippen molar-refractivity contribution in [3.05, 3.63) is 24.3 Å². The summed E-state index contributed by atoms with van der Waals surface area (Å²) in [6.45, 7) is 2.20. The molecule has 0 aliphatic carbocycles. The van der Waals surface area contributed by atoms with E-state index in [2.05, 4.69) is 5.32 Å². The van der Waals surface area contributed by atoms with Crippen molar-refractivity contribution in [3.8, 4) is 5.75 Å². The summed E-state index contributed by atoms with van der Waals surface area (Å²) in [6, 6.07) is 7.12. The molecule has 0 bridgehead atoms. The van der Waals surface area contributed by atoms with Gasteiger partial charge in [0.1, 0.15) is 5.75 Å². The number of rotatable bonds is 3. The van der Waals surface area contributed by atoms with Gasteiger partial charge in [-0.25, -0.2) is 4.79 Å². The number of ether oxygens (including phenoxy) is 1. The lowest BCUT2D eigenvalue weighted by atomic mass is 10.2. The van der Waals surface area contributed by atoms with Gasteiger partial charge in [-0.15, -0.1) is 0 Å².